The van der Waals surface area contributed by atoms with E-state index in [1.54, 1.807) is 0 Å². The maximum absolute atomic E-state index is 5.35. The number of hydrogen-bond donors (Lipinski definition) is 1. The Morgan fingerprint density at radius 2 is 2.21 bits per heavy atom. The van der Waals surface area contributed by atoms with Gasteiger partial charge in [-0.2, -0.15) is 12.6 Å². The first-order valence-electron chi connectivity index (χ1n) is 3.99. The molecule has 0 saturated heterocycles. The highest BCUT2D eigenvalue weighted by molar-refractivity contribution is 9.10. The predicted molar refractivity (Wildman–Crippen MR) is 60.1 cm³/mol. The van der Waals surface area contributed by atoms with E-state index < -0.39 is 0 Å². The molecule has 3 nitrogen and oxygen atoms in total. The van der Waals surface area contributed by atoms with Gasteiger partial charge in [-0.05, 0) is 18.2 Å². The van der Waals surface area contributed by atoms with E-state index in [1.165, 1.54) is 0 Å². The van der Waals surface area contributed by atoms with Crippen LogP contribution in [0, 0.1) is 0 Å². The maximum atomic E-state index is 5.35. The molecule has 2 rings (SSSR count). The van der Waals surface area contributed by atoms with Crippen LogP contribution in [0.3, 0.4) is 0 Å². The van der Waals surface area contributed by atoms with Crippen molar-refractivity contribution in [3.05, 3.63) is 34.6 Å². The summed E-state index contributed by atoms with van der Waals surface area (Å²) in [6, 6.07) is 7.71. The summed E-state index contributed by atoms with van der Waals surface area (Å²) in [5.74, 6) is 1.51. The number of benzene rings is 1. The standard InChI is InChI=1S/C9H7BrN2OS/c10-7-3-1-2-6(4-7)9-12-11-8(5-14)13-9/h1-4,14H,5H2. The Hall–Kier alpha value is -0.810. The van der Waals surface area contributed by atoms with E-state index in [9.17, 15) is 0 Å². The number of hydrogen-bond acceptors (Lipinski definition) is 4. The molecule has 0 amide bonds. The molecular weight excluding hydrogens is 264 g/mol. The summed E-state index contributed by atoms with van der Waals surface area (Å²) in [4.78, 5) is 0. The molecule has 72 valence electrons. The van der Waals surface area contributed by atoms with Gasteiger partial charge in [-0.3, -0.25) is 0 Å². The lowest BCUT2D eigenvalue weighted by Gasteiger charge is -1.94. The molecule has 0 N–H and O–H groups in total. The van der Waals surface area contributed by atoms with Gasteiger partial charge in [0.25, 0.3) is 0 Å². The fraction of sp³-hybridized carbons (Fsp3) is 0.111. The van der Waals surface area contributed by atoms with Crippen molar-refractivity contribution in [2.45, 2.75) is 5.75 Å². The molecule has 0 radical (unpaired) electrons. The average molecular weight is 271 g/mol. The van der Waals surface area contributed by atoms with E-state index >= 15 is 0 Å². The van der Waals surface area contributed by atoms with Gasteiger partial charge in [0.2, 0.25) is 11.8 Å². The summed E-state index contributed by atoms with van der Waals surface area (Å²) in [5.41, 5.74) is 0.903. The highest BCUT2D eigenvalue weighted by Gasteiger charge is 2.06. The SMILES string of the molecule is SCc1nnc(-c2cccc(Br)c2)o1. The Bertz CT molecular complexity index is 444. The summed E-state index contributed by atoms with van der Waals surface area (Å²) in [6.45, 7) is 0. The van der Waals surface area contributed by atoms with Gasteiger partial charge in [-0.15, -0.1) is 10.2 Å². The van der Waals surface area contributed by atoms with Gasteiger partial charge in [-0.1, -0.05) is 22.0 Å². The third-order valence-corrected chi connectivity index (χ3v) is 2.44. The highest BCUT2D eigenvalue weighted by atomic mass is 79.9. The van der Waals surface area contributed by atoms with E-state index in [-0.39, 0.29) is 0 Å². The quantitative estimate of drug-likeness (QED) is 0.853. The van der Waals surface area contributed by atoms with Gasteiger partial charge in [0.05, 0.1) is 5.75 Å². The van der Waals surface area contributed by atoms with Crippen molar-refractivity contribution in [1.29, 1.82) is 0 Å². The monoisotopic (exact) mass is 270 g/mol. The minimum Gasteiger partial charge on any atom is -0.420 e. The third-order valence-electron chi connectivity index (χ3n) is 1.67. The van der Waals surface area contributed by atoms with E-state index in [0.717, 1.165) is 10.0 Å². The van der Waals surface area contributed by atoms with Gasteiger partial charge in [0, 0.05) is 10.0 Å². The molecule has 0 fully saturated rings. The minimum atomic E-state index is 0.459. The van der Waals surface area contributed by atoms with Gasteiger partial charge in [0.1, 0.15) is 0 Å². The number of nitrogens with zero attached hydrogens (tertiary/aromatic N) is 2. The van der Waals surface area contributed by atoms with Crippen LogP contribution in [-0.4, -0.2) is 10.2 Å². The maximum Gasteiger partial charge on any atom is 0.247 e. The van der Waals surface area contributed by atoms with Crippen LogP contribution >= 0.6 is 28.6 Å². The Morgan fingerprint density at radius 3 is 2.86 bits per heavy atom. The lowest BCUT2D eigenvalue weighted by Crippen LogP contribution is -1.77. The first kappa shape index (κ1) is 9.73. The molecule has 5 heteroatoms. The Balaban J connectivity index is 2.39. The van der Waals surface area contributed by atoms with Crippen LogP contribution in [0.15, 0.2) is 33.2 Å². The Kier molecular flexibility index (Phi) is 2.88. The molecule has 14 heavy (non-hydrogen) atoms. The normalized spacial score (nSPS) is 10.4. The number of thiol groups is 1. The molecule has 0 saturated carbocycles. The van der Waals surface area contributed by atoms with Crippen molar-refractivity contribution in [1.82, 2.24) is 10.2 Å². The molecule has 0 spiro atoms. The van der Waals surface area contributed by atoms with Crippen LogP contribution in [0.4, 0.5) is 0 Å². The van der Waals surface area contributed by atoms with Crippen LogP contribution in [0.5, 0.6) is 0 Å². The molecule has 2 aromatic rings. The first-order chi connectivity index (χ1) is 6.79. The molecule has 0 bridgehead atoms. The van der Waals surface area contributed by atoms with Crippen molar-refractivity contribution in [2.75, 3.05) is 0 Å². The van der Waals surface area contributed by atoms with E-state index in [2.05, 4.69) is 38.8 Å². The van der Waals surface area contributed by atoms with Crippen molar-refractivity contribution in [3.8, 4) is 11.5 Å². The molecule has 0 unspecified atom stereocenters. The summed E-state index contributed by atoms with van der Waals surface area (Å²) in [6.07, 6.45) is 0. The molecule has 1 aromatic heterocycles. The Morgan fingerprint density at radius 1 is 1.36 bits per heavy atom. The third kappa shape index (κ3) is 1.99. The second kappa shape index (κ2) is 4.14. The van der Waals surface area contributed by atoms with Gasteiger partial charge >= 0.3 is 0 Å². The van der Waals surface area contributed by atoms with Crippen LogP contribution in [-0.2, 0) is 5.75 Å². The van der Waals surface area contributed by atoms with Crippen molar-refractivity contribution in [2.24, 2.45) is 0 Å². The topological polar surface area (TPSA) is 38.9 Å². The number of rotatable bonds is 2. The molecule has 0 atom stereocenters. The van der Waals surface area contributed by atoms with Gasteiger partial charge < -0.3 is 4.42 Å². The van der Waals surface area contributed by atoms with Crippen molar-refractivity contribution in [3.63, 3.8) is 0 Å². The number of halogens is 1. The zero-order valence-electron chi connectivity index (χ0n) is 7.14. The second-order valence-corrected chi connectivity index (χ2v) is 3.90. The minimum absolute atomic E-state index is 0.459. The fourth-order valence-electron chi connectivity index (χ4n) is 1.06. The van der Waals surface area contributed by atoms with Gasteiger partial charge in [-0.25, -0.2) is 0 Å². The van der Waals surface area contributed by atoms with Crippen LogP contribution < -0.4 is 0 Å². The zero-order valence-corrected chi connectivity index (χ0v) is 9.62. The lowest BCUT2D eigenvalue weighted by molar-refractivity contribution is 0.529. The van der Waals surface area contributed by atoms with E-state index in [4.69, 9.17) is 4.42 Å². The Labute approximate surface area is 95.1 Å². The van der Waals surface area contributed by atoms with Crippen LogP contribution in [0.1, 0.15) is 5.89 Å². The molecule has 0 aliphatic heterocycles. The van der Waals surface area contributed by atoms with Crippen LogP contribution in [0.2, 0.25) is 0 Å². The summed E-state index contributed by atoms with van der Waals surface area (Å²) in [7, 11) is 0. The zero-order chi connectivity index (χ0) is 9.97. The van der Waals surface area contributed by atoms with E-state index in [0.29, 0.717) is 17.5 Å². The lowest BCUT2D eigenvalue weighted by atomic mass is 10.2. The molecular formula is C9H7BrN2OS. The van der Waals surface area contributed by atoms with Crippen molar-refractivity contribution >= 4 is 28.6 Å². The number of aromatic nitrogens is 2. The van der Waals surface area contributed by atoms with Crippen molar-refractivity contribution < 1.29 is 4.42 Å². The summed E-state index contributed by atoms with van der Waals surface area (Å²) >= 11 is 7.43. The van der Waals surface area contributed by atoms with Gasteiger partial charge in [0.15, 0.2) is 0 Å². The average Bonchev–Trinajstić information content (AvgIpc) is 2.66. The predicted octanol–water partition coefficient (Wildman–Crippen LogP) is 2.93. The van der Waals surface area contributed by atoms with E-state index in [1.807, 2.05) is 24.3 Å². The first-order valence-corrected chi connectivity index (χ1v) is 5.41. The highest BCUT2D eigenvalue weighted by Crippen LogP contribution is 2.21. The summed E-state index contributed by atoms with van der Waals surface area (Å²) in [5, 5.41) is 7.74. The second-order valence-electron chi connectivity index (χ2n) is 2.67. The largest absolute Gasteiger partial charge is 0.420 e. The molecule has 1 aromatic carbocycles. The molecule has 0 aliphatic rings. The molecule has 0 aliphatic carbocycles. The summed E-state index contributed by atoms with van der Waals surface area (Å²) < 4.78 is 6.34. The fourth-order valence-corrected chi connectivity index (χ4v) is 1.58. The molecule has 1 heterocycles. The van der Waals surface area contributed by atoms with Crippen LogP contribution in [0.25, 0.3) is 11.5 Å². The smallest absolute Gasteiger partial charge is 0.247 e.